The van der Waals surface area contributed by atoms with Crippen LogP contribution in [0, 0.1) is 6.92 Å². The van der Waals surface area contributed by atoms with E-state index in [1.807, 2.05) is 13.8 Å². The lowest BCUT2D eigenvalue weighted by Gasteiger charge is -2.04. The van der Waals surface area contributed by atoms with Crippen molar-refractivity contribution in [3.05, 3.63) is 50.9 Å². The summed E-state index contributed by atoms with van der Waals surface area (Å²) in [4.78, 5) is 29.6. The standard InChI is InChI=1S/C15H14N4O2S/c1-3-11-8(2)22-15(16-11)17-14(21)12-9-6-4-5-7-10(9)13(20)19-18-12/h4-7H,3H2,1-2H3,(H,19,20)(H,16,17,21). The summed E-state index contributed by atoms with van der Waals surface area (Å²) in [5.41, 5.74) is 0.839. The van der Waals surface area contributed by atoms with Gasteiger partial charge < -0.3 is 0 Å². The number of anilines is 1. The lowest BCUT2D eigenvalue weighted by molar-refractivity contribution is 0.102. The molecule has 0 aliphatic rings. The zero-order valence-electron chi connectivity index (χ0n) is 12.1. The molecule has 2 heterocycles. The Labute approximate surface area is 130 Å². The van der Waals surface area contributed by atoms with Crippen molar-refractivity contribution in [3.8, 4) is 0 Å². The van der Waals surface area contributed by atoms with Gasteiger partial charge in [0, 0.05) is 10.3 Å². The molecule has 0 bridgehead atoms. The van der Waals surface area contributed by atoms with Crippen LogP contribution in [-0.2, 0) is 6.42 Å². The van der Waals surface area contributed by atoms with Gasteiger partial charge in [-0.3, -0.25) is 14.9 Å². The summed E-state index contributed by atoms with van der Waals surface area (Å²) in [6.45, 7) is 3.99. The topological polar surface area (TPSA) is 87.7 Å². The summed E-state index contributed by atoms with van der Waals surface area (Å²) in [6, 6.07) is 6.88. The molecule has 1 amide bonds. The van der Waals surface area contributed by atoms with Crippen LogP contribution in [0.15, 0.2) is 29.1 Å². The van der Waals surface area contributed by atoms with E-state index >= 15 is 0 Å². The summed E-state index contributed by atoms with van der Waals surface area (Å²) in [7, 11) is 0. The van der Waals surface area contributed by atoms with E-state index in [0.29, 0.717) is 15.9 Å². The van der Waals surface area contributed by atoms with Crippen LogP contribution in [-0.4, -0.2) is 21.1 Å². The summed E-state index contributed by atoms with van der Waals surface area (Å²) >= 11 is 1.43. The largest absolute Gasteiger partial charge is 0.296 e. The molecule has 0 saturated carbocycles. The number of aryl methyl sites for hydroxylation is 2. The van der Waals surface area contributed by atoms with E-state index in [1.165, 1.54) is 11.3 Å². The normalized spacial score (nSPS) is 10.8. The average molecular weight is 314 g/mol. The van der Waals surface area contributed by atoms with E-state index in [4.69, 9.17) is 0 Å². The summed E-state index contributed by atoms with van der Waals surface area (Å²) < 4.78 is 0. The SMILES string of the molecule is CCc1nc(NC(=O)c2n[nH]c(=O)c3ccccc23)sc1C. The Morgan fingerprint density at radius 3 is 2.73 bits per heavy atom. The number of benzene rings is 1. The molecule has 2 N–H and O–H groups in total. The molecule has 3 rings (SSSR count). The van der Waals surface area contributed by atoms with Crippen molar-refractivity contribution in [3.63, 3.8) is 0 Å². The number of aromatic amines is 1. The fourth-order valence-corrected chi connectivity index (χ4v) is 3.15. The molecule has 2 aromatic heterocycles. The third-order valence-corrected chi connectivity index (χ3v) is 4.29. The van der Waals surface area contributed by atoms with Gasteiger partial charge in [0.25, 0.3) is 11.5 Å². The third-order valence-electron chi connectivity index (χ3n) is 3.36. The van der Waals surface area contributed by atoms with Crippen LogP contribution >= 0.6 is 11.3 Å². The van der Waals surface area contributed by atoms with Crippen LogP contribution in [0.3, 0.4) is 0 Å². The molecule has 7 heteroatoms. The second-order valence-corrected chi connectivity index (χ2v) is 5.98. The maximum absolute atomic E-state index is 12.4. The molecule has 112 valence electrons. The van der Waals surface area contributed by atoms with E-state index in [1.54, 1.807) is 24.3 Å². The molecular formula is C15H14N4O2S. The minimum atomic E-state index is -0.385. The number of amides is 1. The molecule has 1 aromatic carbocycles. The minimum Gasteiger partial charge on any atom is -0.296 e. The molecule has 0 radical (unpaired) electrons. The number of fused-ring (bicyclic) bond motifs is 1. The molecule has 0 unspecified atom stereocenters. The number of carbonyl (C=O) groups excluding carboxylic acids is 1. The maximum atomic E-state index is 12.4. The van der Waals surface area contributed by atoms with Crippen molar-refractivity contribution in [1.29, 1.82) is 0 Å². The van der Waals surface area contributed by atoms with Gasteiger partial charge in [0.05, 0.1) is 11.1 Å². The number of aromatic nitrogens is 3. The van der Waals surface area contributed by atoms with Gasteiger partial charge in [-0.1, -0.05) is 25.1 Å². The molecule has 0 spiro atoms. The highest BCUT2D eigenvalue weighted by Crippen LogP contribution is 2.23. The van der Waals surface area contributed by atoms with Gasteiger partial charge >= 0.3 is 0 Å². The smallest absolute Gasteiger partial charge is 0.278 e. The van der Waals surface area contributed by atoms with Crippen molar-refractivity contribution in [2.24, 2.45) is 0 Å². The highest BCUT2D eigenvalue weighted by atomic mass is 32.1. The maximum Gasteiger partial charge on any atom is 0.278 e. The predicted molar refractivity (Wildman–Crippen MR) is 86.5 cm³/mol. The second kappa shape index (κ2) is 5.69. The fraction of sp³-hybridized carbons (Fsp3) is 0.200. The number of nitrogens with zero attached hydrogens (tertiary/aromatic N) is 2. The van der Waals surface area contributed by atoms with Crippen LogP contribution in [0.1, 0.15) is 28.0 Å². The van der Waals surface area contributed by atoms with E-state index in [0.717, 1.165) is 17.0 Å². The average Bonchev–Trinajstić information content (AvgIpc) is 2.87. The summed E-state index contributed by atoms with van der Waals surface area (Å²) in [5.74, 6) is -0.385. The quantitative estimate of drug-likeness (QED) is 0.777. The Morgan fingerprint density at radius 2 is 2.05 bits per heavy atom. The lowest BCUT2D eigenvalue weighted by atomic mass is 10.1. The fourth-order valence-electron chi connectivity index (χ4n) is 2.25. The predicted octanol–water partition coefficient (Wildman–Crippen LogP) is 2.50. The van der Waals surface area contributed by atoms with Crippen LogP contribution < -0.4 is 10.9 Å². The van der Waals surface area contributed by atoms with Gasteiger partial charge in [-0.2, -0.15) is 5.10 Å². The van der Waals surface area contributed by atoms with Crippen molar-refractivity contribution in [1.82, 2.24) is 15.2 Å². The highest BCUT2D eigenvalue weighted by Gasteiger charge is 2.16. The Hall–Kier alpha value is -2.54. The van der Waals surface area contributed by atoms with E-state index in [2.05, 4.69) is 20.5 Å². The van der Waals surface area contributed by atoms with Gasteiger partial charge in [-0.25, -0.2) is 10.1 Å². The number of H-pyrrole nitrogens is 1. The zero-order chi connectivity index (χ0) is 15.7. The Bertz CT molecular complexity index is 913. The van der Waals surface area contributed by atoms with Crippen LogP contribution in [0.25, 0.3) is 10.8 Å². The van der Waals surface area contributed by atoms with Crippen molar-refractivity contribution < 1.29 is 4.79 Å². The molecule has 0 fully saturated rings. The monoisotopic (exact) mass is 314 g/mol. The first-order chi connectivity index (χ1) is 10.6. The molecular weight excluding hydrogens is 300 g/mol. The molecule has 0 aliphatic heterocycles. The number of hydrogen-bond acceptors (Lipinski definition) is 5. The van der Waals surface area contributed by atoms with Gasteiger partial charge in [0.15, 0.2) is 10.8 Å². The Morgan fingerprint density at radius 1 is 1.32 bits per heavy atom. The second-order valence-electron chi connectivity index (χ2n) is 4.78. The van der Waals surface area contributed by atoms with Crippen molar-refractivity contribution >= 4 is 33.1 Å². The third kappa shape index (κ3) is 2.50. The van der Waals surface area contributed by atoms with Crippen LogP contribution in [0.5, 0.6) is 0 Å². The van der Waals surface area contributed by atoms with Gasteiger partial charge in [-0.15, -0.1) is 11.3 Å². The minimum absolute atomic E-state index is 0.182. The lowest BCUT2D eigenvalue weighted by Crippen LogP contribution is -2.19. The summed E-state index contributed by atoms with van der Waals surface area (Å²) in [5, 5.41) is 10.5. The number of hydrogen-bond donors (Lipinski definition) is 2. The number of carbonyl (C=O) groups is 1. The van der Waals surface area contributed by atoms with Crippen LogP contribution in [0.2, 0.25) is 0 Å². The highest BCUT2D eigenvalue weighted by molar-refractivity contribution is 7.15. The van der Waals surface area contributed by atoms with Gasteiger partial charge in [0.2, 0.25) is 0 Å². The van der Waals surface area contributed by atoms with Gasteiger partial charge in [-0.05, 0) is 19.4 Å². The first kappa shape index (κ1) is 14.4. The van der Waals surface area contributed by atoms with E-state index in [-0.39, 0.29) is 17.2 Å². The number of thiazole rings is 1. The first-order valence-corrected chi connectivity index (χ1v) is 7.67. The number of nitrogens with one attached hydrogen (secondary N) is 2. The van der Waals surface area contributed by atoms with Crippen molar-refractivity contribution in [2.45, 2.75) is 20.3 Å². The molecule has 0 saturated heterocycles. The molecule has 0 atom stereocenters. The summed E-state index contributed by atoms with van der Waals surface area (Å²) in [6.07, 6.45) is 0.818. The van der Waals surface area contributed by atoms with Crippen molar-refractivity contribution in [2.75, 3.05) is 5.32 Å². The Kier molecular flexibility index (Phi) is 3.72. The van der Waals surface area contributed by atoms with E-state index in [9.17, 15) is 9.59 Å². The first-order valence-electron chi connectivity index (χ1n) is 6.85. The molecule has 0 aliphatic carbocycles. The zero-order valence-corrected chi connectivity index (χ0v) is 13.0. The molecule has 22 heavy (non-hydrogen) atoms. The van der Waals surface area contributed by atoms with E-state index < -0.39 is 0 Å². The number of rotatable bonds is 3. The molecule has 6 nitrogen and oxygen atoms in total. The van der Waals surface area contributed by atoms with Crippen LogP contribution in [0.4, 0.5) is 5.13 Å². The molecule has 3 aromatic rings. The Balaban J connectivity index is 1.99. The van der Waals surface area contributed by atoms with Gasteiger partial charge in [0.1, 0.15) is 0 Å².